The van der Waals surface area contributed by atoms with E-state index in [4.69, 9.17) is 23.2 Å². The van der Waals surface area contributed by atoms with Crippen molar-refractivity contribution in [1.29, 1.82) is 0 Å². The summed E-state index contributed by atoms with van der Waals surface area (Å²) in [7, 11) is -3.64. The van der Waals surface area contributed by atoms with Crippen molar-refractivity contribution in [1.82, 2.24) is 9.37 Å². The molecule has 2 aliphatic rings. The van der Waals surface area contributed by atoms with Crippen LogP contribution in [0, 0.1) is 5.92 Å². The highest BCUT2D eigenvalue weighted by Crippen LogP contribution is 2.33. The number of fused-ring (bicyclic) bond motifs is 1. The number of benzene rings is 1. The van der Waals surface area contributed by atoms with Crippen LogP contribution in [0.4, 0.5) is 0 Å². The molecule has 1 aliphatic carbocycles. The van der Waals surface area contributed by atoms with Crippen LogP contribution >= 0.6 is 23.2 Å². The summed E-state index contributed by atoms with van der Waals surface area (Å²) >= 11 is 12.1. The predicted molar refractivity (Wildman–Crippen MR) is 99.8 cm³/mol. The average Bonchev–Trinajstić information content (AvgIpc) is 3.14. The molecule has 1 N–H and O–H groups in total. The van der Waals surface area contributed by atoms with Gasteiger partial charge in [-0.1, -0.05) is 36.0 Å². The number of hydrogen-bond acceptors (Lipinski definition) is 4. The zero-order chi connectivity index (χ0) is 18.9. The summed E-state index contributed by atoms with van der Waals surface area (Å²) in [6, 6.07) is 2.78. The molecule has 1 aromatic carbocycles. The van der Waals surface area contributed by atoms with Crippen molar-refractivity contribution in [3.8, 4) is 0 Å². The van der Waals surface area contributed by atoms with Gasteiger partial charge in [-0.25, -0.2) is 13.5 Å². The Hall–Kier alpha value is -0.860. The summed E-state index contributed by atoms with van der Waals surface area (Å²) in [6.45, 7) is 0.565. The summed E-state index contributed by atoms with van der Waals surface area (Å²) in [5.41, 5.74) is 1.83. The van der Waals surface area contributed by atoms with Crippen LogP contribution < -0.4 is 0 Å². The molecule has 0 aromatic heterocycles. The predicted octanol–water partition coefficient (Wildman–Crippen LogP) is 3.09. The Bertz CT molecular complexity index is 781. The van der Waals surface area contributed by atoms with E-state index in [-0.39, 0.29) is 18.2 Å². The lowest BCUT2D eigenvalue weighted by molar-refractivity contribution is -0.162. The number of nitrogens with zero attached hydrogens (tertiary/aromatic N) is 2. The van der Waals surface area contributed by atoms with E-state index in [1.807, 2.05) is 0 Å². The first-order valence-corrected chi connectivity index (χ1v) is 11.1. The van der Waals surface area contributed by atoms with Crippen LogP contribution in [0.2, 0.25) is 10.0 Å². The average molecular weight is 421 g/mol. The molecule has 0 radical (unpaired) electrons. The minimum absolute atomic E-state index is 0.00491. The third kappa shape index (κ3) is 4.17. The SMILES string of the molecule is O=CN(O)C(CS(=O)(=O)N1CCc2cc(Cl)c(Cl)cc2C1)C1CCCC1. The fraction of sp³-hybridized carbons (Fsp3) is 0.588. The zero-order valence-corrected chi connectivity index (χ0v) is 16.6. The van der Waals surface area contributed by atoms with Crippen molar-refractivity contribution in [3.05, 3.63) is 33.3 Å². The maximum atomic E-state index is 12.9. The van der Waals surface area contributed by atoms with Gasteiger partial charge in [-0.15, -0.1) is 0 Å². The Balaban J connectivity index is 1.78. The second-order valence-corrected chi connectivity index (χ2v) is 9.82. The quantitative estimate of drug-likeness (QED) is 0.435. The van der Waals surface area contributed by atoms with Crippen LogP contribution in [0.15, 0.2) is 12.1 Å². The van der Waals surface area contributed by atoms with Crippen molar-refractivity contribution >= 4 is 39.6 Å². The molecule has 1 atom stereocenters. The van der Waals surface area contributed by atoms with E-state index >= 15 is 0 Å². The molecule has 1 heterocycles. The lowest BCUT2D eigenvalue weighted by Gasteiger charge is -2.33. The van der Waals surface area contributed by atoms with Gasteiger partial charge in [0.2, 0.25) is 16.4 Å². The van der Waals surface area contributed by atoms with Crippen LogP contribution in [0.3, 0.4) is 0 Å². The Kier molecular flexibility index (Phi) is 6.14. The molecular formula is C17H22Cl2N2O4S. The van der Waals surface area contributed by atoms with Crippen LogP contribution in [0.5, 0.6) is 0 Å². The van der Waals surface area contributed by atoms with Gasteiger partial charge in [-0.3, -0.25) is 10.0 Å². The van der Waals surface area contributed by atoms with Gasteiger partial charge in [0.25, 0.3) is 0 Å². The Morgan fingerprint density at radius 1 is 1.23 bits per heavy atom. The fourth-order valence-electron chi connectivity index (χ4n) is 3.93. The summed E-state index contributed by atoms with van der Waals surface area (Å²) in [4.78, 5) is 11.0. The Labute approximate surface area is 163 Å². The lowest BCUT2D eigenvalue weighted by atomic mass is 10.00. The third-order valence-corrected chi connectivity index (χ3v) is 7.97. The molecule has 144 valence electrons. The van der Waals surface area contributed by atoms with Crippen LogP contribution in [0.1, 0.15) is 36.8 Å². The molecule has 1 aromatic rings. The summed E-state index contributed by atoms with van der Waals surface area (Å²) in [5.74, 6) is -0.269. The lowest BCUT2D eigenvalue weighted by Crippen LogP contribution is -2.47. The van der Waals surface area contributed by atoms with Crippen molar-refractivity contribution in [2.24, 2.45) is 5.92 Å². The van der Waals surface area contributed by atoms with E-state index in [2.05, 4.69) is 0 Å². The highest BCUT2D eigenvalue weighted by atomic mass is 35.5. The second kappa shape index (κ2) is 8.02. The van der Waals surface area contributed by atoms with Crippen LogP contribution in [-0.4, -0.2) is 47.7 Å². The van der Waals surface area contributed by atoms with E-state index in [0.29, 0.717) is 34.5 Å². The maximum Gasteiger partial charge on any atom is 0.233 e. The largest absolute Gasteiger partial charge is 0.286 e. The number of carbonyl (C=O) groups excluding carboxylic acids is 1. The second-order valence-electron chi connectivity index (χ2n) is 6.99. The molecule has 0 spiro atoms. The highest BCUT2D eigenvalue weighted by Gasteiger charge is 2.36. The van der Waals surface area contributed by atoms with Crippen LogP contribution in [0.25, 0.3) is 0 Å². The van der Waals surface area contributed by atoms with Gasteiger partial charge in [0.1, 0.15) is 0 Å². The molecule has 1 aliphatic heterocycles. The third-order valence-electron chi connectivity index (χ3n) is 5.39. The van der Waals surface area contributed by atoms with Crippen LogP contribution in [-0.2, 0) is 27.8 Å². The molecule has 6 nitrogen and oxygen atoms in total. The van der Waals surface area contributed by atoms with Crippen molar-refractivity contribution in [2.45, 2.75) is 44.7 Å². The summed E-state index contributed by atoms with van der Waals surface area (Å²) < 4.78 is 27.3. The number of rotatable bonds is 6. The molecule has 1 saturated carbocycles. The number of halogens is 2. The molecule has 1 fully saturated rings. The monoisotopic (exact) mass is 420 g/mol. The number of carbonyl (C=O) groups is 1. The fourth-order valence-corrected chi connectivity index (χ4v) is 6.08. The van der Waals surface area contributed by atoms with Gasteiger partial charge in [0.05, 0.1) is 21.8 Å². The molecule has 0 saturated heterocycles. The Morgan fingerprint density at radius 2 is 1.85 bits per heavy atom. The van der Waals surface area contributed by atoms with E-state index in [9.17, 15) is 18.4 Å². The number of sulfonamides is 1. The summed E-state index contributed by atoms with van der Waals surface area (Å²) in [6.07, 6.45) is 4.47. The van der Waals surface area contributed by atoms with E-state index < -0.39 is 16.1 Å². The molecular weight excluding hydrogens is 399 g/mol. The normalized spacial score (nSPS) is 20.0. The van der Waals surface area contributed by atoms with Gasteiger partial charge >= 0.3 is 0 Å². The molecule has 26 heavy (non-hydrogen) atoms. The van der Waals surface area contributed by atoms with Gasteiger partial charge in [0, 0.05) is 13.1 Å². The van der Waals surface area contributed by atoms with Crippen molar-refractivity contribution in [2.75, 3.05) is 12.3 Å². The molecule has 1 unspecified atom stereocenters. The maximum absolute atomic E-state index is 12.9. The van der Waals surface area contributed by atoms with Gasteiger partial charge in [0.15, 0.2) is 0 Å². The van der Waals surface area contributed by atoms with E-state index in [1.165, 1.54) is 4.31 Å². The van der Waals surface area contributed by atoms with E-state index in [0.717, 1.165) is 36.8 Å². The first kappa shape index (κ1) is 19.9. The first-order chi connectivity index (χ1) is 12.3. The minimum atomic E-state index is -3.64. The molecule has 3 rings (SSSR count). The topological polar surface area (TPSA) is 77.9 Å². The number of hydrogen-bond donors (Lipinski definition) is 1. The molecule has 1 amide bonds. The summed E-state index contributed by atoms with van der Waals surface area (Å²) in [5, 5.41) is 11.3. The van der Waals surface area contributed by atoms with Gasteiger partial charge in [-0.05, 0) is 48.4 Å². The minimum Gasteiger partial charge on any atom is -0.286 e. The van der Waals surface area contributed by atoms with Gasteiger partial charge < -0.3 is 0 Å². The number of hydroxylamine groups is 2. The van der Waals surface area contributed by atoms with Gasteiger partial charge in [-0.2, -0.15) is 4.31 Å². The molecule has 0 bridgehead atoms. The zero-order valence-electron chi connectivity index (χ0n) is 14.3. The number of amides is 1. The molecule has 9 heteroatoms. The van der Waals surface area contributed by atoms with Crippen molar-refractivity contribution in [3.63, 3.8) is 0 Å². The van der Waals surface area contributed by atoms with Crippen molar-refractivity contribution < 1.29 is 18.4 Å². The standard InChI is InChI=1S/C17H22Cl2N2O4S/c18-15-7-13-5-6-20(9-14(13)8-16(15)19)26(24,25)10-17(21(23)11-22)12-3-1-2-4-12/h7-8,11-12,17,23H,1-6,9-10H2. The highest BCUT2D eigenvalue weighted by molar-refractivity contribution is 7.89. The Morgan fingerprint density at radius 3 is 2.46 bits per heavy atom. The first-order valence-electron chi connectivity index (χ1n) is 8.69. The van der Waals surface area contributed by atoms with E-state index in [1.54, 1.807) is 12.1 Å². The smallest absolute Gasteiger partial charge is 0.233 e.